The molecule has 0 aliphatic heterocycles. The van der Waals surface area contributed by atoms with Crippen molar-refractivity contribution >= 4 is 27.0 Å². The number of hydrogen-bond donors (Lipinski definition) is 1. The molecule has 0 radical (unpaired) electrons. The molecule has 3 nitrogen and oxygen atoms in total. The van der Waals surface area contributed by atoms with Crippen molar-refractivity contribution in [2.24, 2.45) is 0 Å². The van der Waals surface area contributed by atoms with Crippen LogP contribution in [0.15, 0.2) is 47.5 Å². The molecule has 4 heteroatoms. The van der Waals surface area contributed by atoms with E-state index in [0.29, 0.717) is 0 Å². The van der Waals surface area contributed by atoms with Gasteiger partial charge in [0.2, 0.25) is 0 Å². The van der Waals surface area contributed by atoms with Crippen LogP contribution in [0.4, 0.5) is 0 Å². The lowest BCUT2D eigenvalue weighted by atomic mass is 10.1. The minimum Gasteiger partial charge on any atom is -0.346 e. The smallest absolute Gasteiger partial charge is 0.137 e. The first kappa shape index (κ1) is 10.5. The summed E-state index contributed by atoms with van der Waals surface area (Å²) in [7, 11) is 0. The second-order valence-electron chi connectivity index (χ2n) is 3.90. The molecule has 0 aromatic carbocycles. The van der Waals surface area contributed by atoms with E-state index in [1.807, 2.05) is 18.5 Å². The van der Waals surface area contributed by atoms with Gasteiger partial charge in [-0.25, -0.2) is 4.98 Å². The third-order valence-electron chi connectivity index (χ3n) is 2.70. The van der Waals surface area contributed by atoms with Gasteiger partial charge in [0.15, 0.2) is 0 Å². The molecule has 0 aliphatic rings. The van der Waals surface area contributed by atoms with E-state index >= 15 is 0 Å². The Bertz CT molecular complexity index is 646. The first-order valence-electron chi connectivity index (χ1n) is 5.33. The summed E-state index contributed by atoms with van der Waals surface area (Å²) in [6, 6.07) is 6.13. The van der Waals surface area contributed by atoms with Crippen molar-refractivity contribution < 1.29 is 0 Å². The monoisotopic (exact) mass is 287 g/mol. The van der Waals surface area contributed by atoms with E-state index in [1.165, 1.54) is 11.1 Å². The van der Waals surface area contributed by atoms with Gasteiger partial charge in [0, 0.05) is 41.1 Å². The molecule has 3 heterocycles. The van der Waals surface area contributed by atoms with Crippen LogP contribution in [-0.2, 0) is 6.42 Å². The summed E-state index contributed by atoms with van der Waals surface area (Å²) in [5.74, 6) is 0. The molecule has 3 rings (SSSR count). The van der Waals surface area contributed by atoms with Gasteiger partial charge in [0.25, 0.3) is 0 Å². The van der Waals surface area contributed by atoms with Gasteiger partial charge in [-0.05, 0) is 39.2 Å². The van der Waals surface area contributed by atoms with Gasteiger partial charge in [0.1, 0.15) is 5.65 Å². The molecule has 0 saturated heterocycles. The van der Waals surface area contributed by atoms with Gasteiger partial charge in [-0.15, -0.1) is 0 Å². The van der Waals surface area contributed by atoms with Gasteiger partial charge in [-0.3, -0.25) is 4.98 Å². The Morgan fingerprint density at radius 1 is 1.29 bits per heavy atom. The molecule has 84 valence electrons. The summed E-state index contributed by atoms with van der Waals surface area (Å²) in [4.78, 5) is 11.6. The first-order chi connectivity index (χ1) is 8.33. The fourth-order valence-electron chi connectivity index (χ4n) is 1.90. The van der Waals surface area contributed by atoms with Crippen molar-refractivity contribution in [2.75, 3.05) is 0 Å². The maximum absolute atomic E-state index is 4.32. The van der Waals surface area contributed by atoms with Crippen LogP contribution in [0.1, 0.15) is 11.1 Å². The number of pyridine rings is 2. The summed E-state index contributed by atoms with van der Waals surface area (Å²) in [6.45, 7) is 0. The molecule has 1 N–H and O–H groups in total. The van der Waals surface area contributed by atoms with Crippen molar-refractivity contribution in [1.82, 2.24) is 15.0 Å². The number of halogens is 1. The molecule has 0 aliphatic carbocycles. The molecule has 0 atom stereocenters. The Morgan fingerprint density at radius 2 is 2.24 bits per heavy atom. The summed E-state index contributed by atoms with van der Waals surface area (Å²) in [6.07, 6.45) is 8.36. The van der Waals surface area contributed by atoms with Crippen LogP contribution < -0.4 is 0 Å². The SMILES string of the molecule is Brc1cnc2[nH]cc(Cc3cccnc3)c2c1. The maximum Gasteiger partial charge on any atom is 0.137 e. The van der Waals surface area contributed by atoms with E-state index in [4.69, 9.17) is 0 Å². The third kappa shape index (κ3) is 2.08. The third-order valence-corrected chi connectivity index (χ3v) is 3.13. The molecule has 0 fully saturated rings. The predicted octanol–water partition coefficient (Wildman–Crippen LogP) is 3.31. The molecule has 0 amide bonds. The van der Waals surface area contributed by atoms with Crippen molar-refractivity contribution in [1.29, 1.82) is 0 Å². The molecule has 0 spiro atoms. The summed E-state index contributed by atoms with van der Waals surface area (Å²) in [5.41, 5.74) is 3.36. The zero-order valence-corrected chi connectivity index (χ0v) is 10.6. The summed E-state index contributed by atoms with van der Waals surface area (Å²) in [5, 5.41) is 1.16. The van der Waals surface area contributed by atoms with Crippen LogP contribution in [0.25, 0.3) is 11.0 Å². The second kappa shape index (κ2) is 4.30. The highest BCUT2D eigenvalue weighted by atomic mass is 79.9. The second-order valence-corrected chi connectivity index (χ2v) is 4.82. The van der Waals surface area contributed by atoms with E-state index in [-0.39, 0.29) is 0 Å². The standard InChI is InChI=1S/C13H10BrN3/c14-11-5-12-10(7-16-13(12)17-8-11)4-9-2-1-3-15-6-9/h1-3,5-8H,4H2,(H,16,17). The highest BCUT2D eigenvalue weighted by Gasteiger charge is 2.06. The first-order valence-corrected chi connectivity index (χ1v) is 6.12. The Labute approximate surface area is 107 Å². The average molecular weight is 288 g/mol. The van der Waals surface area contributed by atoms with Crippen LogP contribution >= 0.6 is 15.9 Å². The number of rotatable bonds is 2. The molecule has 0 bridgehead atoms. The number of aromatic amines is 1. The molecule has 0 saturated carbocycles. The molecule has 17 heavy (non-hydrogen) atoms. The molecule has 3 aromatic rings. The minimum absolute atomic E-state index is 0.867. The molecular formula is C13H10BrN3. The Balaban J connectivity index is 2.03. The summed E-state index contributed by atoms with van der Waals surface area (Å²) >= 11 is 3.45. The molecule has 3 aromatic heterocycles. The van der Waals surface area contributed by atoms with Crippen LogP contribution in [0.3, 0.4) is 0 Å². The Kier molecular flexibility index (Phi) is 2.65. The average Bonchev–Trinajstić information content (AvgIpc) is 2.73. The van der Waals surface area contributed by atoms with E-state index < -0.39 is 0 Å². The molecule has 0 unspecified atom stereocenters. The minimum atomic E-state index is 0.867. The zero-order valence-electron chi connectivity index (χ0n) is 9.02. The van der Waals surface area contributed by atoms with Gasteiger partial charge in [-0.2, -0.15) is 0 Å². The normalized spacial score (nSPS) is 10.9. The number of nitrogens with zero attached hydrogens (tertiary/aromatic N) is 2. The van der Waals surface area contributed by atoms with Crippen LogP contribution in [0.5, 0.6) is 0 Å². The van der Waals surface area contributed by atoms with Gasteiger partial charge in [-0.1, -0.05) is 6.07 Å². The topological polar surface area (TPSA) is 41.6 Å². The van der Waals surface area contributed by atoms with E-state index in [2.05, 4.69) is 43.0 Å². The fraction of sp³-hybridized carbons (Fsp3) is 0.0769. The lowest BCUT2D eigenvalue weighted by molar-refractivity contribution is 1.15. The number of H-pyrrole nitrogens is 1. The van der Waals surface area contributed by atoms with Crippen molar-refractivity contribution in [2.45, 2.75) is 6.42 Å². The lowest BCUT2D eigenvalue weighted by Crippen LogP contribution is -1.87. The Morgan fingerprint density at radius 3 is 3.06 bits per heavy atom. The van der Waals surface area contributed by atoms with Crippen LogP contribution in [-0.4, -0.2) is 15.0 Å². The van der Waals surface area contributed by atoms with Crippen molar-refractivity contribution in [3.05, 3.63) is 58.6 Å². The largest absolute Gasteiger partial charge is 0.346 e. The Hall–Kier alpha value is -1.68. The van der Waals surface area contributed by atoms with E-state index in [9.17, 15) is 0 Å². The van der Waals surface area contributed by atoms with Crippen molar-refractivity contribution in [3.8, 4) is 0 Å². The molecular weight excluding hydrogens is 278 g/mol. The van der Waals surface area contributed by atoms with Gasteiger partial charge < -0.3 is 4.98 Å². The van der Waals surface area contributed by atoms with E-state index in [0.717, 1.165) is 21.9 Å². The predicted molar refractivity (Wildman–Crippen MR) is 70.8 cm³/mol. The summed E-state index contributed by atoms with van der Waals surface area (Å²) < 4.78 is 0.997. The number of hydrogen-bond acceptors (Lipinski definition) is 2. The number of fused-ring (bicyclic) bond motifs is 1. The van der Waals surface area contributed by atoms with Crippen LogP contribution in [0.2, 0.25) is 0 Å². The van der Waals surface area contributed by atoms with Gasteiger partial charge >= 0.3 is 0 Å². The van der Waals surface area contributed by atoms with Crippen LogP contribution in [0, 0.1) is 0 Å². The van der Waals surface area contributed by atoms with Crippen molar-refractivity contribution in [3.63, 3.8) is 0 Å². The zero-order chi connectivity index (χ0) is 11.7. The fourth-order valence-corrected chi connectivity index (χ4v) is 2.23. The van der Waals surface area contributed by atoms with Gasteiger partial charge in [0.05, 0.1) is 0 Å². The highest BCUT2D eigenvalue weighted by Crippen LogP contribution is 2.22. The maximum atomic E-state index is 4.32. The number of nitrogens with one attached hydrogen (secondary N) is 1. The highest BCUT2D eigenvalue weighted by molar-refractivity contribution is 9.10. The number of aromatic nitrogens is 3. The van der Waals surface area contributed by atoms with E-state index in [1.54, 1.807) is 12.4 Å². The quantitative estimate of drug-likeness (QED) is 0.786. The lowest BCUT2D eigenvalue weighted by Gasteiger charge is -1.99.